The summed E-state index contributed by atoms with van der Waals surface area (Å²) in [5.41, 5.74) is -0.249. The zero-order valence-corrected chi connectivity index (χ0v) is 22.5. The van der Waals surface area contributed by atoms with Crippen LogP contribution in [0, 0.1) is 11.2 Å². The van der Waals surface area contributed by atoms with Gasteiger partial charge in [-0.2, -0.15) is 0 Å². The Labute approximate surface area is 225 Å². The first kappa shape index (κ1) is 27.8. The quantitative estimate of drug-likeness (QED) is 0.360. The summed E-state index contributed by atoms with van der Waals surface area (Å²) in [6, 6.07) is 8.18. The highest BCUT2D eigenvalue weighted by Gasteiger charge is 2.66. The highest BCUT2D eigenvalue weighted by molar-refractivity contribution is 6.31. The van der Waals surface area contributed by atoms with Gasteiger partial charge in [0, 0.05) is 29.2 Å². The van der Waals surface area contributed by atoms with Gasteiger partial charge in [-0.1, -0.05) is 62.2 Å². The van der Waals surface area contributed by atoms with E-state index in [0.717, 1.165) is 0 Å². The van der Waals surface area contributed by atoms with Crippen LogP contribution in [0.25, 0.3) is 0 Å². The molecule has 1 fully saturated rings. The molecule has 200 valence electrons. The van der Waals surface area contributed by atoms with Crippen LogP contribution in [0.4, 0.5) is 10.1 Å². The minimum absolute atomic E-state index is 0.0960. The van der Waals surface area contributed by atoms with Gasteiger partial charge in [0.05, 0.1) is 23.8 Å². The number of nitrogens with one attached hydrogen (secondary N) is 3. The molecule has 0 radical (unpaired) electrons. The van der Waals surface area contributed by atoms with Gasteiger partial charge in [-0.15, -0.1) is 0 Å². The normalized spacial score (nSPS) is 25.7. The molecule has 2 aromatic carbocycles. The summed E-state index contributed by atoms with van der Waals surface area (Å²) in [6.07, 6.45) is -0.326. The van der Waals surface area contributed by atoms with Crippen molar-refractivity contribution in [3.8, 4) is 0 Å². The van der Waals surface area contributed by atoms with Gasteiger partial charge in [0.1, 0.15) is 11.2 Å². The highest BCUT2D eigenvalue weighted by Crippen LogP contribution is 2.57. The van der Waals surface area contributed by atoms with Crippen LogP contribution in [0.15, 0.2) is 36.4 Å². The fourth-order valence-corrected chi connectivity index (χ4v) is 6.07. The van der Waals surface area contributed by atoms with Gasteiger partial charge in [0.15, 0.2) is 0 Å². The van der Waals surface area contributed by atoms with Gasteiger partial charge < -0.3 is 26.2 Å². The lowest BCUT2D eigenvalue weighted by atomic mass is 9.62. The predicted octanol–water partition coefficient (Wildman–Crippen LogP) is 3.74. The molecule has 1 saturated heterocycles. The molecule has 10 heteroatoms. The number of halogens is 3. The minimum Gasteiger partial charge on any atom is -0.394 e. The van der Waals surface area contributed by atoms with E-state index in [4.69, 9.17) is 28.3 Å². The molecule has 2 aromatic rings. The Hall–Kier alpha value is -2.23. The number of aliphatic hydroxyl groups excluding tert-OH is 2. The lowest BCUT2D eigenvalue weighted by Gasteiger charge is -2.37. The molecule has 0 aromatic heterocycles. The number of fused-ring (bicyclic) bond motifs is 2. The second-order valence-electron chi connectivity index (χ2n) is 11.0. The fourth-order valence-electron chi connectivity index (χ4n) is 5.72. The van der Waals surface area contributed by atoms with Crippen LogP contribution in [0.1, 0.15) is 50.7 Å². The minimum atomic E-state index is -1.33. The number of aliphatic hydroxyl groups is 2. The predicted molar refractivity (Wildman–Crippen MR) is 141 cm³/mol. The second kappa shape index (κ2) is 10.5. The Balaban J connectivity index is 1.90. The summed E-state index contributed by atoms with van der Waals surface area (Å²) < 4.78 is 15.7. The lowest BCUT2D eigenvalue weighted by Crippen LogP contribution is -2.49. The Morgan fingerprint density at radius 1 is 1.24 bits per heavy atom. The van der Waals surface area contributed by atoms with Crippen LogP contribution in [-0.2, 0) is 15.0 Å². The van der Waals surface area contributed by atoms with Gasteiger partial charge in [0.2, 0.25) is 11.8 Å². The molecule has 2 aliphatic heterocycles. The zero-order chi connectivity index (χ0) is 27.1. The smallest absolute Gasteiger partial charge is 0.237 e. The Morgan fingerprint density at radius 3 is 2.65 bits per heavy atom. The molecular formula is C27H32Cl2FN3O4. The monoisotopic (exact) mass is 551 g/mol. The summed E-state index contributed by atoms with van der Waals surface area (Å²) in [4.78, 5) is 27.6. The average Bonchev–Trinajstić information content (AvgIpc) is 3.29. The molecule has 1 spiro atoms. The van der Waals surface area contributed by atoms with E-state index in [1.165, 1.54) is 6.07 Å². The topological polar surface area (TPSA) is 111 Å². The van der Waals surface area contributed by atoms with E-state index in [0.29, 0.717) is 22.7 Å². The number of carbonyl (C=O) groups excluding carboxylic acids is 2. The molecule has 0 bridgehead atoms. The largest absolute Gasteiger partial charge is 0.394 e. The summed E-state index contributed by atoms with van der Waals surface area (Å²) in [5, 5.41) is 28.2. The van der Waals surface area contributed by atoms with Crippen LogP contribution in [-0.4, -0.2) is 53.4 Å². The van der Waals surface area contributed by atoms with Crippen molar-refractivity contribution in [3.05, 3.63) is 63.4 Å². The maximum Gasteiger partial charge on any atom is 0.237 e. The van der Waals surface area contributed by atoms with Crippen molar-refractivity contribution in [2.45, 2.75) is 63.1 Å². The SMILES string of the molecule is CC(C)(C)C[C@@H]1N[C@@H](C(=O)NCC[C@H](O)CO)[C@H](c2cccc(Cl)c2F)[C@@]12C(=O)Nc1cc(Cl)ccc12. The van der Waals surface area contributed by atoms with Crippen molar-refractivity contribution in [1.29, 1.82) is 0 Å². The Morgan fingerprint density at radius 2 is 1.97 bits per heavy atom. The van der Waals surface area contributed by atoms with E-state index >= 15 is 4.39 Å². The average molecular weight is 552 g/mol. The van der Waals surface area contributed by atoms with Gasteiger partial charge in [0.25, 0.3) is 0 Å². The first-order valence-electron chi connectivity index (χ1n) is 12.3. The molecule has 4 rings (SSSR count). The maximum absolute atomic E-state index is 15.7. The molecule has 7 nitrogen and oxygen atoms in total. The van der Waals surface area contributed by atoms with Crippen molar-refractivity contribution >= 4 is 40.7 Å². The third-order valence-corrected chi connectivity index (χ3v) is 7.74. The van der Waals surface area contributed by atoms with E-state index in [2.05, 4.69) is 16.0 Å². The summed E-state index contributed by atoms with van der Waals surface area (Å²) in [5.74, 6) is -2.42. The number of rotatable bonds is 7. The Kier molecular flexibility index (Phi) is 7.89. The van der Waals surface area contributed by atoms with Crippen molar-refractivity contribution in [3.63, 3.8) is 0 Å². The van der Waals surface area contributed by atoms with Gasteiger partial charge in [-0.05, 0) is 47.6 Å². The number of amides is 2. The molecule has 37 heavy (non-hydrogen) atoms. The maximum atomic E-state index is 15.7. The Bertz CT molecular complexity index is 1200. The number of benzene rings is 2. The third-order valence-electron chi connectivity index (χ3n) is 7.21. The van der Waals surface area contributed by atoms with Crippen LogP contribution in [0.3, 0.4) is 0 Å². The molecule has 0 saturated carbocycles. The molecule has 2 aliphatic rings. The van der Waals surface area contributed by atoms with E-state index in [1.54, 1.807) is 30.3 Å². The zero-order valence-electron chi connectivity index (χ0n) is 20.9. The van der Waals surface area contributed by atoms with Crippen LogP contribution < -0.4 is 16.0 Å². The first-order valence-corrected chi connectivity index (χ1v) is 13.0. The molecule has 5 N–H and O–H groups in total. The number of anilines is 1. The molecule has 0 aliphatic carbocycles. The van der Waals surface area contributed by atoms with Crippen molar-refractivity contribution in [2.75, 3.05) is 18.5 Å². The number of hydrogen-bond acceptors (Lipinski definition) is 5. The van der Waals surface area contributed by atoms with Gasteiger partial charge in [-0.25, -0.2) is 4.39 Å². The van der Waals surface area contributed by atoms with Crippen molar-refractivity contribution in [2.24, 2.45) is 5.41 Å². The molecular weight excluding hydrogens is 520 g/mol. The van der Waals surface area contributed by atoms with Crippen molar-refractivity contribution < 1.29 is 24.2 Å². The van der Waals surface area contributed by atoms with Crippen molar-refractivity contribution in [1.82, 2.24) is 10.6 Å². The molecule has 2 amide bonds. The van der Waals surface area contributed by atoms with E-state index in [1.807, 2.05) is 20.8 Å². The van der Waals surface area contributed by atoms with Crippen LogP contribution in [0.2, 0.25) is 10.0 Å². The highest BCUT2D eigenvalue weighted by atomic mass is 35.5. The summed E-state index contributed by atoms with van der Waals surface area (Å²) in [6.45, 7) is 5.78. The van der Waals surface area contributed by atoms with Crippen LogP contribution in [0.5, 0.6) is 0 Å². The lowest BCUT2D eigenvalue weighted by molar-refractivity contribution is -0.124. The third kappa shape index (κ3) is 5.10. The van der Waals surface area contributed by atoms with E-state index in [9.17, 15) is 14.7 Å². The molecule has 0 unspecified atom stereocenters. The van der Waals surface area contributed by atoms with E-state index in [-0.39, 0.29) is 34.9 Å². The first-order chi connectivity index (χ1) is 17.4. The standard InChI is InChI=1S/C27H32Cl2FN3O4/c1-26(2,3)12-20-27(17-8-7-14(28)11-19(17)32-25(27)37)21(16-5-4-6-18(29)22(16)30)23(33-20)24(36)31-10-9-15(35)13-34/h4-8,11,15,20-21,23,33-35H,9-10,12-13H2,1-3H3,(H,31,36)(H,32,37)/t15-,20-,21-,23+,27-/m0/s1. The number of hydrogen-bond donors (Lipinski definition) is 5. The second-order valence-corrected chi connectivity index (χ2v) is 11.9. The molecule has 5 atom stereocenters. The summed E-state index contributed by atoms with van der Waals surface area (Å²) in [7, 11) is 0. The van der Waals surface area contributed by atoms with Crippen LogP contribution >= 0.6 is 23.2 Å². The summed E-state index contributed by atoms with van der Waals surface area (Å²) >= 11 is 12.4. The number of carbonyl (C=O) groups is 2. The van der Waals surface area contributed by atoms with E-state index < -0.39 is 47.9 Å². The van der Waals surface area contributed by atoms with Gasteiger partial charge in [-0.3, -0.25) is 9.59 Å². The fraction of sp³-hybridized carbons (Fsp3) is 0.481. The van der Waals surface area contributed by atoms with Gasteiger partial charge >= 0.3 is 0 Å². The molecule has 2 heterocycles.